The topological polar surface area (TPSA) is 99.2 Å². The molecule has 0 radical (unpaired) electrons. The van der Waals surface area contributed by atoms with Gasteiger partial charge in [-0.2, -0.15) is 0 Å². The molecule has 0 fully saturated rings. The van der Waals surface area contributed by atoms with Crippen molar-refractivity contribution in [1.82, 2.24) is 4.90 Å². The van der Waals surface area contributed by atoms with Crippen molar-refractivity contribution in [3.05, 3.63) is 28.2 Å². The molecule has 0 bridgehead atoms. The first-order chi connectivity index (χ1) is 8.86. The van der Waals surface area contributed by atoms with E-state index in [1.165, 1.54) is 17.0 Å². The lowest BCUT2D eigenvalue weighted by molar-refractivity contribution is 0.0783. The quantitative estimate of drug-likeness (QED) is 0.338. The van der Waals surface area contributed by atoms with Crippen molar-refractivity contribution in [3.63, 3.8) is 0 Å². The number of phenolic OH excluding ortho intramolecular Hbond substituents is 1. The molecule has 0 aliphatic heterocycles. The zero-order chi connectivity index (χ0) is 14.6. The van der Waals surface area contributed by atoms with E-state index in [1.54, 1.807) is 20.0 Å². The van der Waals surface area contributed by atoms with Gasteiger partial charge in [-0.25, -0.2) is 0 Å². The molecule has 1 aromatic carbocycles. The number of phenols is 1. The van der Waals surface area contributed by atoms with Crippen LogP contribution in [0.3, 0.4) is 0 Å². The van der Waals surface area contributed by atoms with E-state index in [4.69, 9.17) is 10.9 Å². The summed E-state index contributed by atoms with van der Waals surface area (Å²) in [5, 5.41) is 21.2. The fourth-order valence-electron chi connectivity index (χ4n) is 1.58. The highest BCUT2D eigenvalue weighted by molar-refractivity contribution is 9.10. The molecule has 19 heavy (non-hydrogen) atoms. The third kappa shape index (κ3) is 3.85. The monoisotopic (exact) mass is 329 g/mol. The van der Waals surface area contributed by atoms with Crippen molar-refractivity contribution in [2.24, 2.45) is 16.8 Å². The molecule has 0 saturated carbocycles. The van der Waals surface area contributed by atoms with E-state index in [9.17, 15) is 9.90 Å². The van der Waals surface area contributed by atoms with Gasteiger partial charge in [0.15, 0.2) is 0 Å². The van der Waals surface area contributed by atoms with E-state index in [2.05, 4.69) is 21.1 Å². The first kappa shape index (κ1) is 15.3. The van der Waals surface area contributed by atoms with Crippen molar-refractivity contribution < 1.29 is 15.1 Å². The molecule has 7 heteroatoms. The van der Waals surface area contributed by atoms with Crippen molar-refractivity contribution in [1.29, 1.82) is 0 Å². The fraction of sp³-hybridized carbons (Fsp3) is 0.333. The minimum absolute atomic E-state index is 0.0553. The summed E-state index contributed by atoms with van der Waals surface area (Å²) in [6.07, 6.45) is 0. The van der Waals surface area contributed by atoms with Crippen LogP contribution < -0.4 is 5.73 Å². The Kier molecular flexibility index (Phi) is 5.17. The lowest BCUT2D eigenvalue weighted by atomic mass is 10.1. The minimum atomic E-state index is -0.331. The molecule has 0 aliphatic carbocycles. The number of carbonyl (C=O) groups excluding carboxylic acids is 1. The van der Waals surface area contributed by atoms with E-state index in [0.717, 1.165) is 0 Å². The second kappa shape index (κ2) is 6.42. The van der Waals surface area contributed by atoms with Gasteiger partial charge in [-0.05, 0) is 18.2 Å². The number of hydrogen-bond acceptors (Lipinski definition) is 4. The molecule has 0 aromatic heterocycles. The first-order valence-electron chi connectivity index (χ1n) is 5.58. The second-order valence-electron chi connectivity index (χ2n) is 4.27. The third-order valence-corrected chi connectivity index (χ3v) is 3.20. The van der Waals surface area contributed by atoms with Crippen molar-refractivity contribution >= 4 is 27.7 Å². The zero-order valence-electron chi connectivity index (χ0n) is 10.7. The van der Waals surface area contributed by atoms with E-state index in [1.807, 2.05) is 0 Å². The molecule has 1 unspecified atom stereocenters. The van der Waals surface area contributed by atoms with Gasteiger partial charge in [0.1, 0.15) is 11.6 Å². The summed E-state index contributed by atoms with van der Waals surface area (Å²) in [6, 6.07) is 4.66. The number of oxime groups is 1. The Morgan fingerprint density at radius 1 is 1.58 bits per heavy atom. The van der Waals surface area contributed by atoms with Crippen molar-refractivity contribution in [2.45, 2.75) is 6.92 Å². The van der Waals surface area contributed by atoms with Crippen LogP contribution in [0, 0.1) is 5.92 Å². The smallest absolute Gasteiger partial charge is 0.257 e. The number of aromatic hydroxyl groups is 1. The van der Waals surface area contributed by atoms with Crippen LogP contribution in [0.25, 0.3) is 0 Å². The Morgan fingerprint density at radius 2 is 2.21 bits per heavy atom. The summed E-state index contributed by atoms with van der Waals surface area (Å²) in [6.45, 7) is 2.02. The van der Waals surface area contributed by atoms with Crippen LogP contribution in [0.15, 0.2) is 27.8 Å². The number of nitrogens with zero attached hydrogens (tertiary/aromatic N) is 2. The van der Waals surface area contributed by atoms with Crippen LogP contribution >= 0.6 is 15.9 Å². The van der Waals surface area contributed by atoms with Gasteiger partial charge in [0, 0.05) is 24.0 Å². The maximum absolute atomic E-state index is 12.1. The van der Waals surface area contributed by atoms with Crippen molar-refractivity contribution in [3.8, 4) is 5.75 Å². The summed E-state index contributed by atoms with van der Waals surface area (Å²) in [5.41, 5.74) is 5.67. The molecular formula is C12H16BrN3O3. The average Bonchev–Trinajstić information content (AvgIpc) is 2.36. The Morgan fingerprint density at radius 3 is 2.74 bits per heavy atom. The Hall–Kier alpha value is -1.76. The highest BCUT2D eigenvalue weighted by atomic mass is 79.9. The third-order valence-electron chi connectivity index (χ3n) is 2.70. The van der Waals surface area contributed by atoms with Crippen LogP contribution in [0.5, 0.6) is 5.75 Å². The number of halogens is 1. The van der Waals surface area contributed by atoms with Gasteiger partial charge in [-0.15, -0.1) is 0 Å². The summed E-state index contributed by atoms with van der Waals surface area (Å²) in [7, 11) is 1.59. The number of amides is 1. The number of benzene rings is 1. The largest absolute Gasteiger partial charge is 0.507 e. The molecule has 4 N–H and O–H groups in total. The number of carbonyl (C=O) groups is 1. The van der Waals surface area contributed by atoms with E-state index in [-0.39, 0.29) is 35.5 Å². The molecule has 1 atom stereocenters. The van der Waals surface area contributed by atoms with E-state index < -0.39 is 0 Å². The predicted molar refractivity (Wildman–Crippen MR) is 75.3 cm³/mol. The summed E-state index contributed by atoms with van der Waals surface area (Å²) >= 11 is 3.21. The zero-order valence-corrected chi connectivity index (χ0v) is 12.3. The van der Waals surface area contributed by atoms with Crippen LogP contribution in [-0.2, 0) is 0 Å². The molecule has 0 aliphatic rings. The SMILES string of the molecule is CC(CN(C)C(=O)c1ccc(Br)cc1O)C(N)=NO. The van der Waals surface area contributed by atoms with E-state index >= 15 is 0 Å². The maximum atomic E-state index is 12.1. The molecule has 6 nitrogen and oxygen atoms in total. The van der Waals surface area contributed by atoms with Crippen LogP contribution in [0.2, 0.25) is 0 Å². The van der Waals surface area contributed by atoms with Crippen molar-refractivity contribution in [2.75, 3.05) is 13.6 Å². The van der Waals surface area contributed by atoms with Crippen LogP contribution in [0.1, 0.15) is 17.3 Å². The summed E-state index contributed by atoms with van der Waals surface area (Å²) < 4.78 is 0.689. The van der Waals surface area contributed by atoms with Gasteiger partial charge in [0.2, 0.25) is 0 Å². The fourth-order valence-corrected chi connectivity index (χ4v) is 1.93. The normalized spacial score (nSPS) is 13.1. The van der Waals surface area contributed by atoms with Gasteiger partial charge >= 0.3 is 0 Å². The van der Waals surface area contributed by atoms with Gasteiger partial charge in [-0.3, -0.25) is 4.79 Å². The molecule has 1 rings (SSSR count). The van der Waals surface area contributed by atoms with Crippen LogP contribution in [-0.4, -0.2) is 40.5 Å². The van der Waals surface area contributed by atoms with E-state index in [0.29, 0.717) is 4.47 Å². The summed E-state index contributed by atoms with van der Waals surface area (Å²) in [4.78, 5) is 13.5. The van der Waals surface area contributed by atoms with Crippen LogP contribution in [0.4, 0.5) is 0 Å². The lowest BCUT2D eigenvalue weighted by Crippen LogP contribution is -2.36. The second-order valence-corrected chi connectivity index (χ2v) is 5.19. The highest BCUT2D eigenvalue weighted by Crippen LogP contribution is 2.23. The highest BCUT2D eigenvalue weighted by Gasteiger charge is 2.19. The maximum Gasteiger partial charge on any atom is 0.257 e. The Balaban J connectivity index is 2.82. The minimum Gasteiger partial charge on any atom is -0.507 e. The molecule has 0 heterocycles. The molecule has 1 aromatic rings. The van der Waals surface area contributed by atoms with Gasteiger partial charge in [0.05, 0.1) is 5.56 Å². The predicted octanol–water partition coefficient (Wildman–Crippen LogP) is 1.61. The number of hydrogen-bond donors (Lipinski definition) is 3. The number of amidine groups is 1. The van der Waals surface area contributed by atoms with Gasteiger partial charge in [0.25, 0.3) is 5.91 Å². The average molecular weight is 330 g/mol. The van der Waals surface area contributed by atoms with Gasteiger partial charge in [-0.1, -0.05) is 28.0 Å². The standard InChI is InChI=1S/C12H16BrN3O3/c1-7(11(14)15-19)6-16(2)12(18)9-4-3-8(13)5-10(9)17/h3-5,7,17,19H,6H2,1-2H3,(H2,14,15). The molecule has 0 spiro atoms. The molecule has 104 valence electrons. The molecular weight excluding hydrogens is 314 g/mol. The Labute approximate surface area is 119 Å². The molecule has 1 amide bonds. The first-order valence-corrected chi connectivity index (χ1v) is 6.37. The molecule has 0 saturated heterocycles. The Bertz CT molecular complexity index is 505. The number of rotatable bonds is 4. The lowest BCUT2D eigenvalue weighted by Gasteiger charge is -2.21. The summed E-state index contributed by atoms with van der Waals surface area (Å²) in [5.74, 6) is -0.651. The number of nitrogens with two attached hydrogens (primary N) is 1. The van der Waals surface area contributed by atoms with Gasteiger partial charge < -0.3 is 20.9 Å².